The SMILES string of the molecule is Cc1ccc(C(=O)N2CCc3cc(-c4ccno4)ccc32)cc1. The molecule has 4 rings (SSSR count). The second-order valence-electron chi connectivity index (χ2n) is 5.79. The van der Waals surface area contributed by atoms with E-state index in [1.54, 1.807) is 6.20 Å². The highest BCUT2D eigenvalue weighted by atomic mass is 16.5. The van der Waals surface area contributed by atoms with E-state index in [9.17, 15) is 4.79 Å². The zero-order valence-corrected chi connectivity index (χ0v) is 12.8. The van der Waals surface area contributed by atoms with Crippen molar-refractivity contribution in [2.75, 3.05) is 11.4 Å². The predicted molar refractivity (Wildman–Crippen MR) is 88.5 cm³/mol. The van der Waals surface area contributed by atoms with Crippen LogP contribution in [-0.2, 0) is 6.42 Å². The van der Waals surface area contributed by atoms with Gasteiger partial charge in [0.15, 0.2) is 5.76 Å². The van der Waals surface area contributed by atoms with E-state index in [0.717, 1.165) is 34.6 Å². The molecular weight excluding hydrogens is 288 g/mol. The monoisotopic (exact) mass is 304 g/mol. The van der Waals surface area contributed by atoms with Gasteiger partial charge in [-0.1, -0.05) is 22.9 Å². The number of aromatic nitrogens is 1. The molecule has 2 heterocycles. The van der Waals surface area contributed by atoms with Crippen molar-refractivity contribution in [3.63, 3.8) is 0 Å². The number of fused-ring (bicyclic) bond motifs is 1. The van der Waals surface area contributed by atoms with Gasteiger partial charge in [-0.25, -0.2) is 0 Å². The van der Waals surface area contributed by atoms with Crippen molar-refractivity contribution in [3.8, 4) is 11.3 Å². The van der Waals surface area contributed by atoms with Gasteiger partial charge in [-0.3, -0.25) is 4.79 Å². The van der Waals surface area contributed by atoms with Gasteiger partial charge in [-0.2, -0.15) is 0 Å². The van der Waals surface area contributed by atoms with Crippen molar-refractivity contribution in [1.29, 1.82) is 0 Å². The molecule has 3 aromatic rings. The zero-order chi connectivity index (χ0) is 15.8. The first-order valence-corrected chi connectivity index (χ1v) is 7.65. The molecule has 23 heavy (non-hydrogen) atoms. The third-order valence-electron chi connectivity index (χ3n) is 4.24. The molecule has 1 aliphatic heterocycles. The number of benzene rings is 2. The lowest BCUT2D eigenvalue weighted by molar-refractivity contribution is 0.0989. The fourth-order valence-corrected chi connectivity index (χ4v) is 2.98. The van der Waals surface area contributed by atoms with Crippen LogP contribution in [0.25, 0.3) is 11.3 Å². The molecule has 0 spiro atoms. The van der Waals surface area contributed by atoms with E-state index in [0.29, 0.717) is 6.54 Å². The molecule has 0 saturated carbocycles. The molecule has 4 heteroatoms. The van der Waals surface area contributed by atoms with Gasteiger partial charge in [0.25, 0.3) is 5.91 Å². The molecule has 0 radical (unpaired) electrons. The van der Waals surface area contributed by atoms with E-state index in [4.69, 9.17) is 4.52 Å². The molecule has 114 valence electrons. The summed E-state index contributed by atoms with van der Waals surface area (Å²) in [5.41, 5.74) is 5.02. The number of anilines is 1. The van der Waals surface area contributed by atoms with Gasteiger partial charge in [-0.15, -0.1) is 0 Å². The fraction of sp³-hybridized carbons (Fsp3) is 0.158. The molecule has 1 aromatic heterocycles. The fourth-order valence-electron chi connectivity index (χ4n) is 2.98. The molecule has 1 amide bonds. The number of hydrogen-bond donors (Lipinski definition) is 0. The summed E-state index contributed by atoms with van der Waals surface area (Å²) in [7, 11) is 0. The standard InChI is InChI=1S/C19H16N2O2/c1-13-2-4-14(5-3-13)19(22)21-11-9-15-12-16(6-7-17(15)21)18-8-10-20-23-18/h2-8,10,12H,9,11H2,1H3. The lowest BCUT2D eigenvalue weighted by atomic mass is 10.1. The van der Waals surface area contributed by atoms with Crippen LogP contribution >= 0.6 is 0 Å². The molecule has 0 aliphatic carbocycles. The van der Waals surface area contributed by atoms with E-state index in [1.165, 1.54) is 5.56 Å². The van der Waals surface area contributed by atoms with Gasteiger partial charge < -0.3 is 9.42 Å². The number of carbonyl (C=O) groups excluding carboxylic acids is 1. The Morgan fingerprint density at radius 2 is 1.96 bits per heavy atom. The lowest BCUT2D eigenvalue weighted by Gasteiger charge is -2.17. The van der Waals surface area contributed by atoms with Gasteiger partial charge in [0.1, 0.15) is 0 Å². The minimum absolute atomic E-state index is 0.0520. The maximum atomic E-state index is 12.7. The first-order valence-electron chi connectivity index (χ1n) is 7.65. The van der Waals surface area contributed by atoms with Crippen molar-refractivity contribution in [2.24, 2.45) is 0 Å². The van der Waals surface area contributed by atoms with Crippen LogP contribution < -0.4 is 4.90 Å². The van der Waals surface area contributed by atoms with Gasteiger partial charge in [0.2, 0.25) is 0 Å². The smallest absolute Gasteiger partial charge is 0.258 e. The number of hydrogen-bond acceptors (Lipinski definition) is 3. The Bertz CT molecular complexity index is 852. The van der Waals surface area contributed by atoms with Crippen molar-refractivity contribution in [1.82, 2.24) is 5.16 Å². The number of carbonyl (C=O) groups is 1. The lowest BCUT2D eigenvalue weighted by Crippen LogP contribution is -2.28. The summed E-state index contributed by atoms with van der Waals surface area (Å²) in [4.78, 5) is 14.6. The summed E-state index contributed by atoms with van der Waals surface area (Å²) in [6.07, 6.45) is 2.49. The highest BCUT2D eigenvalue weighted by Gasteiger charge is 2.26. The van der Waals surface area contributed by atoms with Crippen LogP contribution in [0.15, 0.2) is 59.3 Å². The molecule has 4 nitrogen and oxygen atoms in total. The minimum Gasteiger partial charge on any atom is -0.356 e. The van der Waals surface area contributed by atoms with Gasteiger partial charge in [0.05, 0.1) is 6.20 Å². The Balaban J connectivity index is 1.65. The predicted octanol–water partition coefficient (Wildman–Crippen LogP) is 3.85. The number of amides is 1. The molecule has 0 N–H and O–H groups in total. The van der Waals surface area contributed by atoms with Crippen LogP contribution in [0.1, 0.15) is 21.5 Å². The van der Waals surface area contributed by atoms with Crippen LogP contribution in [0.2, 0.25) is 0 Å². The Hall–Kier alpha value is -2.88. The molecule has 2 aromatic carbocycles. The molecule has 0 saturated heterocycles. The molecule has 0 bridgehead atoms. The van der Waals surface area contributed by atoms with Gasteiger partial charge in [0, 0.05) is 29.4 Å². The number of rotatable bonds is 2. The van der Waals surface area contributed by atoms with E-state index in [-0.39, 0.29) is 5.91 Å². The van der Waals surface area contributed by atoms with Crippen molar-refractivity contribution in [3.05, 3.63) is 71.4 Å². The highest BCUT2D eigenvalue weighted by Crippen LogP contribution is 2.33. The van der Waals surface area contributed by atoms with Crippen LogP contribution in [0, 0.1) is 6.92 Å². The molecule has 0 atom stereocenters. The normalized spacial score (nSPS) is 13.2. The van der Waals surface area contributed by atoms with Crippen molar-refractivity contribution >= 4 is 11.6 Å². The Morgan fingerprint density at radius 1 is 1.13 bits per heavy atom. The Labute approximate surface area is 134 Å². The molecular formula is C19H16N2O2. The maximum Gasteiger partial charge on any atom is 0.258 e. The Morgan fingerprint density at radius 3 is 2.70 bits per heavy atom. The topological polar surface area (TPSA) is 46.3 Å². The van der Waals surface area contributed by atoms with E-state index in [2.05, 4.69) is 11.2 Å². The van der Waals surface area contributed by atoms with Crippen LogP contribution in [0.3, 0.4) is 0 Å². The van der Waals surface area contributed by atoms with E-state index >= 15 is 0 Å². The summed E-state index contributed by atoms with van der Waals surface area (Å²) in [6.45, 7) is 2.73. The van der Waals surface area contributed by atoms with Crippen molar-refractivity contribution in [2.45, 2.75) is 13.3 Å². The summed E-state index contributed by atoms with van der Waals surface area (Å²) >= 11 is 0. The third kappa shape index (κ3) is 2.42. The van der Waals surface area contributed by atoms with Crippen LogP contribution in [-0.4, -0.2) is 17.6 Å². The average Bonchev–Trinajstić information content (AvgIpc) is 3.24. The van der Waals surface area contributed by atoms with Gasteiger partial charge >= 0.3 is 0 Å². The number of aryl methyl sites for hydroxylation is 1. The summed E-state index contributed by atoms with van der Waals surface area (Å²) in [5, 5.41) is 3.74. The largest absolute Gasteiger partial charge is 0.356 e. The van der Waals surface area contributed by atoms with E-state index < -0.39 is 0 Å². The summed E-state index contributed by atoms with van der Waals surface area (Å²) < 4.78 is 5.20. The molecule has 1 aliphatic rings. The van der Waals surface area contributed by atoms with E-state index in [1.807, 2.05) is 54.3 Å². The average molecular weight is 304 g/mol. The third-order valence-corrected chi connectivity index (χ3v) is 4.24. The first-order chi connectivity index (χ1) is 11.2. The second kappa shape index (κ2) is 5.39. The van der Waals surface area contributed by atoms with Crippen LogP contribution in [0.4, 0.5) is 5.69 Å². The molecule has 0 fully saturated rings. The quantitative estimate of drug-likeness (QED) is 0.722. The highest BCUT2D eigenvalue weighted by molar-refractivity contribution is 6.07. The summed E-state index contributed by atoms with van der Waals surface area (Å²) in [5.74, 6) is 0.798. The first kappa shape index (κ1) is 13.8. The van der Waals surface area contributed by atoms with Crippen molar-refractivity contribution < 1.29 is 9.32 Å². The Kier molecular flexibility index (Phi) is 3.23. The zero-order valence-electron chi connectivity index (χ0n) is 12.8. The molecule has 0 unspecified atom stereocenters. The second-order valence-corrected chi connectivity index (χ2v) is 5.79. The number of nitrogens with zero attached hydrogens (tertiary/aromatic N) is 2. The summed E-state index contributed by atoms with van der Waals surface area (Å²) in [6, 6.07) is 15.6. The minimum atomic E-state index is 0.0520. The maximum absolute atomic E-state index is 12.7. The van der Waals surface area contributed by atoms with Gasteiger partial charge in [-0.05, 0) is 49.2 Å². The van der Waals surface area contributed by atoms with Crippen LogP contribution in [0.5, 0.6) is 0 Å².